The fourth-order valence-corrected chi connectivity index (χ4v) is 2.47. The molecule has 5 heteroatoms. The highest BCUT2D eigenvalue weighted by Gasteiger charge is 2.18. The number of ketones is 1. The van der Waals surface area contributed by atoms with Gasteiger partial charge in [-0.05, 0) is 19.1 Å². The van der Waals surface area contributed by atoms with Gasteiger partial charge in [-0.1, -0.05) is 11.3 Å². The molecule has 2 rings (SSSR count). The molecule has 0 amide bonds. The number of Topliss-reactive ketones (excluding diaryl/α,β-unsaturated/α-hetero) is 1. The molecule has 0 aliphatic carbocycles. The van der Waals surface area contributed by atoms with Crippen LogP contribution >= 0.6 is 11.3 Å². The summed E-state index contributed by atoms with van der Waals surface area (Å²) in [5, 5.41) is 18.7. The van der Waals surface area contributed by atoms with Gasteiger partial charge >= 0.3 is 0 Å². The van der Waals surface area contributed by atoms with Crippen molar-refractivity contribution in [2.75, 3.05) is 0 Å². The van der Waals surface area contributed by atoms with Gasteiger partial charge < -0.3 is 10.2 Å². The summed E-state index contributed by atoms with van der Waals surface area (Å²) in [6.07, 6.45) is 0. The van der Waals surface area contributed by atoms with Gasteiger partial charge in [0.05, 0.1) is 4.88 Å². The third-order valence-corrected chi connectivity index (χ3v) is 3.84. The molecule has 0 spiro atoms. The van der Waals surface area contributed by atoms with Crippen molar-refractivity contribution in [1.82, 2.24) is 0 Å². The summed E-state index contributed by atoms with van der Waals surface area (Å²) in [6, 6.07) is 3.91. The van der Waals surface area contributed by atoms with Crippen molar-refractivity contribution in [3.8, 4) is 11.5 Å². The number of aromatic nitrogens is 1. The maximum atomic E-state index is 12.0. The van der Waals surface area contributed by atoms with Crippen LogP contribution in [0.5, 0.6) is 11.5 Å². The molecule has 0 aliphatic heterocycles. The fraction of sp³-hybridized carbons (Fsp3) is 0.231. The van der Waals surface area contributed by atoms with E-state index in [1.165, 1.54) is 23.1 Å². The van der Waals surface area contributed by atoms with E-state index in [9.17, 15) is 15.0 Å². The highest BCUT2D eigenvalue weighted by Crippen LogP contribution is 2.20. The van der Waals surface area contributed by atoms with Gasteiger partial charge in [0, 0.05) is 18.6 Å². The van der Waals surface area contributed by atoms with Gasteiger partial charge in [-0.15, -0.1) is 0 Å². The maximum Gasteiger partial charge on any atom is 0.227 e. The van der Waals surface area contributed by atoms with E-state index >= 15 is 0 Å². The molecule has 0 bridgehead atoms. The van der Waals surface area contributed by atoms with Crippen LogP contribution in [-0.4, -0.2) is 16.0 Å². The SMILES string of the molecule is Cc1sc[n+](CC(=O)c2cc(O)cc(O)c2)c1C. The summed E-state index contributed by atoms with van der Waals surface area (Å²) in [5.74, 6) is -0.366. The predicted molar refractivity (Wildman–Crippen MR) is 68.1 cm³/mol. The molecular weight excluding hydrogens is 250 g/mol. The molecule has 18 heavy (non-hydrogen) atoms. The van der Waals surface area contributed by atoms with Crippen molar-refractivity contribution in [3.63, 3.8) is 0 Å². The zero-order chi connectivity index (χ0) is 13.3. The van der Waals surface area contributed by atoms with Crippen LogP contribution in [0.4, 0.5) is 0 Å². The molecule has 0 aliphatic rings. The molecule has 0 atom stereocenters. The number of thiazole rings is 1. The smallest absolute Gasteiger partial charge is 0.227 e. The average Bonchev–Trinajstić information content (AvgIpc) is 2.59. The van der Waals surface area contributed by atoms with Crippen LogP contribution in [0, 0.1) is 13.8 Å². The second-order valence-electron chi connectivity index (χ2n) is 4.15. The second kappa shape index (κ2) is 4.78. The number of hydrogen-bond acceptors (Lipinski definition) is 4. The van der Waals surface area contributed by atoms with Gasteiger partial charge in [-0.25, -0.2) is 0 Å². The number of carbonyl (C=O) groups is 1. The Morgan fingerprint density at radius 1 is 1.22 bits per heavy atom. The van der Waals surface area contributed by atoms with Crippen LogP contribution in [0.2, 0.25) is 0 Å². The molecular formula is C13H14NO3S+. The molecule has 1 aromatic heterocycles. The van der Waals surface area contributed by atoms with Crippen LogP contribution in [0.1, 0.15) is 20.9 Å². The summed E-state index contributed by atoms with van der Waals surface area (Å²) < 4.78 is 1.86. The van der Waals surface area contributed by atoms with Crippen LogP contribution in [0.15, 0.2) is 23.7 Å². The van der Waals surface area contributed by atoms with Crippen LogP contribution in [0.3, 0.4) is 0 Å². The number of phenolic OH excluding ortho intramolecular Hbond substituents is 2. The number of benzene rings is 1. The Kier molecular flexibility index (Phi) is 3.34. The molecule has 0 saturated carbocycles. The Morgan fingerprint density at radius 2 is 1.83 bits per heavy atom. The first-order valence-electron chi connectivity index (χ1n) is 5.47. The number of rotatable bonds is 3. The molecule has 4 nitrogen and oxygen atoms in total. The number of hydrogen-bond donors (Lipinski definition) is 2. The third kappa shape index (κ3) is 2.51. The van der Waals surface area contributed by atoms with E-state index in [4.69, 9.17) is 0 Å². The van der Waals surface area contributed by atoms with Gasteiger partial charge in [-0.2, -0.15) is 4.57 Å². The van der Waals surface area contributed by atoms with Gasteiger partial charge in [0.2, 0.25) is 17.8 Å². The Morgan fingerprint density at radius 3 is 2.33 bits per heavy atom. The predicted octanol–water partition coefficient (Wildman–Crippen LogP) is 1.95. The normalized spacial score (nSPS) is 10.6. The first-order chi connectivity index (χ1) is 8.47. The minimum Gasteiger partial charge on any atom is -0.508 e. The fourth-order valence-electron chi connectivity index (χ4n) is 1.67. The zero-order valence-corrected chi connectivity index (χ0v) is 11.0. The van der Waals surface area contributed by atoms with E-state index in [-0.39, 0.29) is 23.8 Å². The summed E-state index contributed by atoms with van der Waals surface area (Å²) in [4.78, 5) is 13.2. The summed E-state index contributed by atoms with van der Waals surface area (Å²) in [7, 11) is 0. The van der Waals surface area contributed by atoms with Crippen molar-refractivity contribution in [1.29, 1.82) is 0 Å². The highest BCUT2D eigenvalue weighted by atomic mass is 32.1. The summed E-state index contributed by atoms with van der Waals surface area (Å²) in [6.45, 7) is 4.17. The zero-order valence-electron chi connectivity index (χ0n) is 10.2. The molecule has 1 heterocycles. The van der Waals surface area contributed by atoms with Crippen molar-refractivity contribution in [2.45, 2.75) is 20.4 Å². The van der Waals surface area contributed by atoms with E-state index < -0.39 is 0 Å². The van der Waals surface area contributed by atoms with Gasteiger partial charge in [0.1, 0.15) is 11.5 Å². The van der Waals surface area contributed by atoms with Gasteiger partial charge in [-0.3, -0.25) is 4.79 Å². The molecule has 94 valence electrons. The Hall–Kier alpha value is -1.88. The molecule has 0 unspecified atom stereocenters. The number of aromatic hydroxyl groups is 2. The Bertz CT molecular complexity index is 584. The van der Waals surface area contributed by atoms with Crippen molar-refractivity contribution in [3.05, 3.63) is 39.8 Å². The summed E-state index contributed by atoms with van der Waals surface area (Å²) in [5.41, 5.74) is 3.26. The molecule has 0 radical (unpaired) electrons. The van der Waals surface area contributed by atoms with Crippen molar-refractivity contribution < 1.29 is 19.6 Å². The van der Waals surface area contributed by atoms with Gasteiger partial charge in [0.15, 0.2) is 5.69 Å². The molecule has 1 aromatic carbocycles. The lowest BCUT2D eigenvalue weighted by atomic mass is 10.1. The van der Waals surface area contributed by atoms with E-state index in [1.807, 2.05) is 23.9 Å². The lowest BCUT2D eigenvalue weighted by Crippen LogP contribution is -2.38. The molecule has 0 saturated heterocycles. The Balaban J connectivity index is 2.24. The minimum atomic E-state index is -0.146. The number of nitrogens with zero attached hydrogens (tertiary/aromatic N) is 1. The van der Waals surface area contributed by atoms with Gasteiger partial charge in [0.25, 0.3) is 0 Å². The van der Waals surface area contributed by atoms with Crippen LogP contribution in [0.25, 0.3) is 0 Å². The molecule has 2 aromatic rings. The lowest BCUT2D eigenvalue weighted by molar-refractivity contribution is -0.684. The second-order valence-corrected chi connectivity index (χ2v) is 5.21. The average molecular weight is 264 g/mol. The topological polar surface area (TPSA) is 61.4 Å². The quantitative estimate of drug-likeness (QED) is 0.658. The Labute approximate surface area is 109 Å². The number of carbonyl (C=O) groups excluding carboxylic acids is 1. The standard InChI is InChI=1S/C13H13NO3S/c1-8-9(2)18-7-14(8)6-13(17)10-3-11(15)5-12(16)4-10/h3-5,7H,6H2,1-2H3,(H-,15,16)/p+1. The lowest BCUT2D eigenvalue weighted by Gasteiger charge is -2.00. The third-order valence-electron chi connectivity index (χ3n) is 2.84. The van der Waals surface area contributed by atoms with E-state index in [0.29, 0.717) is 5.56 Å². The van der Waals surface area contributed by atoms with E-state index in [2.05, 4.69) is 0 Å². The largest absolute Gasteiger partial charge is 0.508 e. The first-order valence-corrected chi connectivity index (χ1v) is 6.35. The van der Waals surface area contributed by atoms with E-state index in [0.717, 1.165) is 5.69 Å². The van der Waals surface area contributed by atoms with Crippen LogP contribution in [-0.2, 0) is 6.54 Å². The van der Waals surface area contributed by atoms with Crippen molar-refractivity contribution in [2.24, 2.45) is 0 Å². The molecule has 0 fully saturated rings. The van der Waals surface area contributed by atoms with Crippen LogP contribution < -0.4 is 4.57 Å². The minimum absolute atomic E-state index is 0.110. The van der Waals surface area contributed by atoms with Crippen molar-refractivity contribution >= 4 is 17.1 Å². The highest BCUT2D eigenvalue weighted by molar-refractivity contribution is 7.09. The maximum absolute atomic E-state index is 12.0. The monoisotopic (exact) mass is 264 g/mol. The van der Waals surface area contributed by atoms with E-state index in [1.54, 1.807) is 11.3 Å². The number of aryl methyl sites for hydroxylation is 1. The summed E-state index contributed by atoms with van der Waals surface area (Å²) >= 11 is 1.59. The number of phenols is 2. The first kappa shape index (κ1) is 12.6. The molecule has 2 N–H and O–H groups in total.